The fraction of sp³-hybridized carbons (Fsp3) is 0.111. The lowest BCUT2D eigenvalue weighted by Gasteiger charge is -2.03. The Hall–Kier alpha value is -1.28. The van der Waals surface area contributed by atoms with E-state index in [0.29, 0.717) is 11.6 Å². The molecule has 0 aliphatic rings. The van der Waals surface area contributed by atoms with Crippen LogP contribution in [0.2, 0.25) is 0 Å². The molecule has 74 valence electrons. The first-order valence-corrected chi connectivity index (χ1v) is 4.30. The number of methoxy groups -OCH3 is 1. The first-order valence-electron chi connectivity index (χ1n) is 3.72. The molecule has 0 heterocycles. The molecule has 0 saturated heterocycles. The molecule has 0 bridgehead atoms. The SMILES string of the molecule is COC(=O)c1cc(F)c(C=O)c(P)c1. The van der Waals surface area contributed by atoms with Crippen molar-refractivity contribution in [1.29, 1.82) is 0 Å². The van der Waals surface area contributed by atoms with Gasteiger partial charge in [-0.2, -0.15) is 0 Å². The number of ether oxygens (including phenoxy) is 1. The summed E-state index contributed by atoms with van der Waals surface area (Å²) in [6.07, 6.45) is 0.402. The van der Waals surface area contributed by atoms with Gasteiger partial charge < -0.3 is 4.74 Å². The van der Waals surface area contributed by atoms with Gasteiger partial charge in [-0.15, -0.1) is 9.24 Å². The second-order valence-corrected chi connectivity index (χ2v) is 3.19. The van der Waals surface area contributed by atoms with E-state index < -0.39 is 11.8 Å². The van der Waals surface area contributed by atoms with Crippen LogP contribution in [0.4, 0.5) is 4.39 Å². The molecule has 0 fully saturated rings. The van der Waals surface area contributed by atoms with Gasteiger partial charge in [-0.05, 0) is 17.4 Å². The maximum atomic E-state index is 13.2. The summed E-state index contributed by atoms with van der Waals surface area (Å²) in [5.74, 6) is -1.36. The van der Waals surface area contributed by atoms with E-state index in [2.05, 4.69) is 14.0 Å². The van der Waals surface area contributed by atoms with Gasteiger partial charge >= 0.3 is 5.97 Å². The smallest absolute Gasteiger partial charge is 0.337 e. The molecule has 0 spiro atoms. The first kappa shape index (κ1) is 10.8. The van der Waals surface area contributed by atoms with Crippen molar-refractivity contribution in [1.82, 2.24) is 0 Å². The maximum absolute atomic E-state index is 13.2. The van der Waals surface area contributed by atoms with Crippen LogP contribution in [-0.2, 0) is 4.74 Å². The number of hydrogen-bond acceptors (Lipinski definition) is 3. The monoisotopic (exact) mass is 214 g/mol. The summed E-state index contributed by atoms with van der Waals surface area (Å²) < 4.78 is 17.6. The van der Waals surface area contributed by atoms with E-state index in [1.807, 2.05) is 0 Å². The van der Waals surface area contributed by atoms with E-state index in [-0.39, 0.29) is 11.1 Å². The lowest BCUT2D eigenvalue weighted by Crippen LogP contribution is -2.10. The van der Waals surface area contributed by atoms with E-state index in [0.717, 1.165) is 6.07 Å². The highest BCUT2D eigenvalue weighted by Crippen LogP contribution is 2.10. The van der Waals surface area contributed by atoms with Crippen molar-refractivity contribution in [3.63, 3.8) is 0 Å². The zero-order chi connectivity index (χ0) is 10.7. The van der Waals surface area contributed by atoms with E-state index >= 15 is 0 Å². The maximum Gasteiger partial charge on any atom is 0.337 e. The molecule has 5 heteroatoms. The van der Waals surface area contributed by atoms with Gasteiger partial charge in [0.05, 0.1) is 18.2 Å². The Labute approximate surface area is 82.5 Å². The van der Waals surface area contributed by atoms with Crippen LogP contribution >= 0.6 is 9.24 Å². The van der Waals surface area contributed by atoms with E-state index in [1.165, 1.54) is 13.2 Å². The Morgan fingerprint density at radius 1 is 1.57 bits per heavy atom. The van der Waals surface area contributed by atoms with Crippen LogP contribution < -0.4 is 5.30 Å². The Morgan fingerprint density at radius 3 is 2.64 bits per heavy atom. The number of carbonyl (C=O) groups is 2. The van der Waals surface area contributed by atoms with Crippen molar-refractivity contribution in [2.45, 2.75) is 0 Å². The number of carbonyl (C=O) groups excluding carboxylic acids is 2. The van der Waals surface area contributed by atoms with Gasteiger partial charge in [0.2, 0.25) is 0 Å². The molecule has 1 aromatic carbocycles. The molecule has 1 unspecified atom stereocenters. The largest absolute Gasteiger partial charge is 0.465 e. The van der Waals surface area contributed by atoms with Crippen molar-refractivity contribution < 1.29 is 18.7 Å². The summed E-state index contributed by atoms with van der Waals surface area (Å²) in [4.78, 5) is 21.5. The van der Waals surface area contributed by atoms with Crippen LogP contribution in [0.1, 0.15) is 20.7 Å². The van der Waals surface area contributed by atoms with Gasteiger partial charge in [-0.25, -0.2) is 9.18 Å². The lowest BCUT2D eigenvalue weighted by atomic mass is 10.1. The predicted octanol–water partition coefficient (Wildman–Crippen LogP) is 0.925. The molecule has 0 aliphatic carbocycles. The third-order valence-electron chi connectivity index (χ3n) is 1.70. The lowest BCUT2D eigenvalue weighted by molar-refractivity contribution is 0.0600. The van der Waals surface area contributed by atoms with E-state index in [4.69, 9.17) is 0 Å². The quantitative estimate of drug-likeness (QED) is 0.417. The Kier molecular flexibility index (Phi) is 3.31. The topological polar surface area (TPSA) is 43.4 Å². The highest BCUT2D eigenvalue weighted by Gasteiger charge is 2.12. The molecular formula is C9H8FO3P. The molecular weight excluding hydrogens is 206 g/mol. The predicted molar refractivity (Wildman–Crippen MR) is 52.5 cm³/mol. The van der Waals surface area contributed by atoms with Gasteiger partial charge in [0, 0.05) is 0 Å². The van der Waals surface area contributed by atoms with Crippen LogP contribution in [0.3, 0.4) is 0 Å². The summed E-state index contributed by atoms with van der Waals surface area (Å²) in [7, 11) is 3.39. The fourth-order valence-electron chi connectivity index (χ4n) is 0.999. The number of rotatable bonds is 2. The summed E-state index contributed by atoms with van der Waals surface area (Å²) in [6.45, 7) is 0. The molecule has 1 aromatic rings. The highest BCUT2D eigenvalue weighted by atomic mass is 31.0. The Balaban J connectivity index is 3.27. The number of esters is 1. The molecule has 0 amide bonds. The van der Waals surface area contributed by atoms with Crippen molar-refractivity contribution in [3.8, 4) is 0 Å². The van der Waals surface area contributed by atoms with Gasteiger partial charge in [0.15, 0.2) is 6.29 Å². The van der Waals surface area contributed by atoms with Crippen LogP contribution in [-0.4, -0.2) is 19.4 Å². The van der Waals surface area contributed by atoms with Gasteiger partial charge in [-0.3, -0.25) is 4.79 Å². The minimum Gasteiger partial charge on any atom is -0.465 e. The number of aldehydes is 1. The standard InChI is InChI=1S/C9H8FO3P/c1-13-9(12)5-2-7(10)6(4-11)8(14)3-5/h2-4H,14H2,1H3. The fourth-order valence-corrected chi connectivity index (χ4v) is 1.38. The normalized spacial score (nSPS) is 9.64. The zero-order valence-corrected chi connectivity index (χ0v) is 8.57. The summed E-state index contributed by atoms with van der Waals surface area (Å²) in [5, 5.41) is 0.334. The molecule has 0 radical (unpaired) electrons. The zero-order valence-electron chi connectivity index (χ0n) is 7.41. The number of hydrogen-bond donors (Lipinski definition) is 0. The third-order valence-corrected chi connectivity index (χ3v) is 2.18. The van der Waals surface area contributed by atoms with Crippen LogP contribution in [0, 0.1) is 5.82 Å². The minimum atomic E-state index is -0.729. The van der Waals surface area contributed by atoms with Crippen molar-refractivity contribution in [2.24, 2.45) is 0 Å². The van der Waals surface area contributed by atoms with Crippen molar-refractivity contribution in [3.05, 3.63) is 29.1 Å². The van der Waals surface area contributed by atoms with Gasteiger partial charge in [0.1, 0.15) is 5.82 Å². The van der Waals surface area contributed by atoms with Crippen LogP contribution in [0.15, 0.2) is 12.1 Å². The first-order chi connectivity index (χ1) is 6.60. The summed E-state index contributed by atoms with van der Waals surface area (Å²) in [5.41, 5.74) is 0.0169. The van der Waals surface area contributed by atoms with E-state index in [9.17, 15) is 14.0 Å². The second-order valence-electron chi connectivity index (χ2n) is 2.57. The Morgan fingerprint density at radius 2 is 2.21 bits per heavy atom. The average Bonchev–Trinajstić information content (AvgIpc) is 2.16. The Bertz CT molecular complexity index is 367. The molecule has 14 heavy (non-hydrogen) atoms. The van der Waals surface area contributed by atoms with Crippen molar-refractivity contribution in [2.75, 3.05) is 7.11 Å². The second kappa shape index (κ2) is 4.29. The summed E-state index contributed by atoms with van der Waals surface area (Å²) in [6, 6.07) is 2.35. The molecule has 3 nitrogen and oxygen atoms in total. The molecule has 1 atom stereocenters. The van der Waals surface area contributed by atoms with Crippen LogP contribution in [0.25, 0.3) is 0 Å². The molecule has 0 saturated carbocycles. The average molecular weight is 214 g/mol. The van der Waals surface area contributed by atoms with Crippen molar-refractivity contribution >= 4 is 26.8 Å². The van der Waals surface area contributed by atoms with Gasteiger partial charge in [-0.1, -0.05) is 0 Å². The summed E-state index contributed by atoms with van der Waals surface area (Å²) >= 11 is 0. The van der Waals surface area contributed by atoms with Gasteiger partial charge in [0.25, 0.3) is 0 Å². The number of benzene rings is 1. The minimum absolute atomic E-state index is 0.0670. The van der Waals surface area contributed by atoms with Crippen LogP contribution in [0.5, 0.6) is 0 Å². The molecule has 0 aliphatic heterocycles. The molecule has 0 N–H and O–H groups in total. The molecule has 1 rings (SSSR count). The highest BCUT2D eigenvalue weighted by molar-refractivity contribution is 7.27. The van der Waals surface area contributed by atoms with E-state index in [1.54, 1.807) is 0 Å². The number of halogens is 1. The third kappa shape index (κ3) is 1.96. The molecule has 0 aromatic heterocycles.